The normalized spacial score (nSPS) is 12.3. The third-order valence-electron chi connectivity index (χ3n) is 2.44. The van der Waals surface area contributed by atoms with Gasteiger partial charge in [-0.15, -0.1) is 0 Å². The molecule has 1 aromatic rings. The van der Waals surface area contributed by atoms with Crippen LogP contribution in [0.3, 0.4) is 0 Å². The zero-order chi connectivity index (χ0) is 11.4. The Balaban J connectivity index is 2.84. The van der Waals surface area contributed by atoms with Gasteiger partial charge in [-0.25, -0.2) is 0 Å². The molecule has 0 aliphatic carbocycles. The molecule has 0 saturated carbocycles. The molecule has 4 nitrogen and oxygen atoms in total. The fourth-order valence-corrected chi connectivity index (χ4v) is 1.18. The lowest BCUT2D eigenvalue weighted by Gasteiger charge is -2.24. The van der Waals surface area contributed by atoms with Gasteiger partial charge in [-0.1, -0.05) is 0 Å². The number of aliphatic hydroxyl groups is 1. The number of carbonyl (C=O) groups is 1. The van der Waals surface area contributed by atoms with Crippen LogP contribution in [0.4, 0.5) is 5.69 Å². The highest BCUT2D eigenvalue weighted by Crippen LogP contribution is 2.13. The Kier molecular flexibility index (Phi) is 3.80. The minimum Gasteiger partial charge on any atom is -0.394 e. The maximum atomic E-state index is 11.0. The van der Waals surface area contributed by atoms with E-state index in [9.17, 15) is 4.79 Å². The van der Waals surface area contributed by atoms with E-state index in [1.54, 1.807) is 12.3 Å². The van der Waals surface area contributed by atoms with Gasteiger partial charge in [0.05, 0.1) is 18.5 Å². The third-order valence-corrected chi connectivity index (χ3v) is 2.44. The van der Waals surface area contributed by atoms with Crippen molar-refractivity contribution in [3.05, 3.63) is 24.0 Å². The van der Waals surface area contributed by atoms with E-state index in [4.69, 9.17) is 5.11 Å². The summed E-state index contributed by atoms with van der Waals surface area (Å²) in [6, 6.07) is 3.56. The summed E-state index contributed by atoms with van der Waals surface area (Å²) < 4.78 is 0. The van der Waals surface area contributed by atoms with Gasteiger partial charge in [0.1, 0.15) is 5.69 Å². The number of rotatable bonds is 4. The van der Waals surface area contributed by atoms with Crippen LogP contribution in [0, 0.1) is 0 Å². The molecule has 1 atom stereocenters. The highest BCUT2D eigenvalue weighted by molar-refractivity contribution is 5.92. The number of nitrogens with zero attached hydrogens (tertiary/aromatic N) is 2. The van der Waals surface area contributed by atoms with Crippen molar-refractivity contribution < 1.29 is 9.90 Å². The standard InChI is InChI=1S/C11H16N2O2/c1-8(7-14)13(3)10-4-5-11(9(2)15)12-6-10/h4-6,8,14H,7H2,1-3H3. The molecule has 0 aliphatic heterocycles. The lowest BCUT2D eigenvalue weighted by Crippen LogP contribution is -2.31. The van der Waals surface area contributed by atoms with Crippen LogP contribution in [-0.4, -0.2) is 35.6 Å². The molecule has 1 unspecified atom stereocenters. The van der Waals surface area contributed by atoms with Crippen molar-refractivity contribution in [2.75, 3.05) is 18.6 Å². The van der Waals surface area contributed by atoms with Gasteiger partial charge in [0, 0.05) is 20.0 Å². The number of likely N-dealkylation sites (N-methyl/N-ethyl adjacent to an activating group) is 1. The molecule has 0 fully saturated rings. The molecule has 0 saturated heterocycles. The van der Waals surface area contributed by atoms with Crippen molar-refractivity contribution in [3.63, 3.8) is 0 Å². The maximum absolute atomic E-state index is 11.0. The van der Waals surface area contributed by atoms with Gasteiger partial charge >= 0.3 is 0 Å². The van der Waals surface area contributed by atoms with Crippen molar-refractivity contribution in [2.45, 2.75) is 19.9 Å². The largest absolute Gasteiger partial charge is 0.394 e. The lowest BCUT2D eigenvalue weighted by atomic mass is 10.2. The molecular weight excluding hydrogens is 192 g/mol. The second-order valence-electron chi connectivity index (χ2n) is 3.60. The van der Waals surface area contributed by atoms with Crippen LogP contribution < -0.4 is 4.90 Å². The molecule has 0 radical (unpaired) electrons. The number of anilines is 1. The van der Waals surface area contributed by atoms with Crippen LogP contribution in [0.5, 0.6) is 0 Å². The molecule has 82 valence electrons. The van der Waals surface area contributed by atoms with Crippen LogP contribution in [0.1, 0.15) is 24.3 Å². The first-order valence-electron chi connectivity index (χ1n) is 4.87. The third kappa shape index (κ3) is 2.76. The Hall–Kier alpha value is -1.42. The molecule has 0 amide bonds. The molecule has 0 aromatic carbocycles. The lowest BCUT2D eigenvalue weighted by molar-refractivity contribution is 0.101. The van der Waals surface area contributed by atoms with Gasteiger partial charge in [-0.05, 0) is 19.1 Å². The van der Waals surface area contributed by atoms with Crippen LogP contribution in [-0.2, 0) is 0 Å². The smallest absolute Gasteiger partial charge is 0.178 e. The van der Waals surface area contributed by atoms with E-state index in [0.29, 0.717) is 5.69 Å². The van der Waals surface area contributed by atoms with E-state index in [2.05, 4.69) is 4.98 Å². The summed E-state index contributed by atoms with van der Waals surface area (Å²) in [4.78, 5) is 17.0. The predicted octanol–water partition coefficient (Wildman–Crippen LogP) is 1.10. The number of ketones is 1. The van der Waals surface area contributed by atoms with Crippen LogP contribution in [0.25, 0.3) is 0 Å². The average molecular weight is 208 g/mol. The summed E-state index contributed by atoms with van der Waals surface area (Å²) >= 11 is 0. The highest BCUT2D eigenvalue weighted by Gasteiger charge is 2.09. The molecule has 0 bridgehead atoms. The molecule has 15 heavy (non-hydrogen) atoms. The van der Waals surface area contributed by atoms with E-state index < -0.39 is 0 Å². The number of aromatic nitrogens is 1. The quantitative estimate of drug-likeness (QED) is 0.753. The highest BCUT2D eigenvalue weighted by atomic mass is 16.3. The van der Waals surface area contributed by atoms with Crippen molar-refractivity contribution >= 4 is 11.5 Å². The second kappa shape index (κ2) is 4.89. The average Bonchev–Trinajstić information content (AvgIpc) is 2.27. The number of hydrogen-bond acceptors (Lipinski definition) is 4. The Labute approximate surface area is 89.6 Å². The van der Waals surface area contributed by atoms with Crippen molar-refractivity contribution in [3.8, 4) is 0 Å². The first-order chi connectivity index (χ1) is 7.06. The van der Waals surface area contributed by atoms with Crippen LogP contribution in [0.15, 0.2) is 18.3 Å². The van der Waals surface area contributed by atoms with E-state index in [1.165, 1.54) is 6.92 Å². The topological polar surface area (TPSA) is 53.4 Å². The molecule has 4 heteroatoms. The molecule has 1 rings (SSSR count). The van der Waals surface area contributed by atoms with Gasteiger partial charge in [0.25, 0.3) is 0 Å². The predicted molar refractivity (Wildman–Crippen MR) is 59.2 cm³/mol. The van der Waals surface area contributed by atoms with Crippen molar-refractivity contribution in [1.82, 2.24) is 4.98 Å². The molecule has 1 N–H and O–H groups in total. The summed E-state index contributed by atoms with van der Waals surface area (Å²) in [5.74, 6) is -0.0422. The van der Waals surface area contributed by atoms with Gasteiger partial charge in [0.2, 0.25) is 0 Å². The van der Waals surface area contributed by atoms with Gasteiger partial charge < -0.3 is 10.0 Å². The van der Waals surface area contributed by atoms with E-state index in [-0.39, 0.29) is 18.4 Å². The Morgan fingerprint density at radius 3 is 2.67 bits per heavy atom. The SMILES string of the molecule is CC(=O)c1ccc(N(C)C(C)CO)cn1. The minimum atomic E-state index is -0.0422. The number of Topliss-reactive ketones (excluding diaryl/α,β-unsaturated/α-hetero) is 1. The minimum absolute atomic E-state index is 0.0370. The monoisotopic (exact) mass is 208 g/mol. The number of carbonyl (C=O) groups excluding carboxylic acids is 1. The van der Waals surface area contributed by atoms with Gasteiger partial charge in [0.15, 0.2) is 5.78 Å². The number of hydrogen-bond donors (Lipinski definition) is 1. The zero-order valence-electron chi connectivity index (χ0n) is 9.27. The fraction of sp³-hybridized carbons (Fsp3) is 0.455. The first-order valence-corrected chi connectivity index (χ1v) is 4.87. The summed E-state index contributed by atoms with van der Waals surface area (Å²) in [6.45, 7) is 3.49. The van der Waals surface area contributed by atoms with E-state index in [0.717, 1.165) is 5.69 Å². The Morgan fingerprint density at radius 1 is 1.60 bits per heavy atom. The molecular formula is C11H16N2O2. The second-order valence-corrected chi connectivity index (χ2v) is 3.60. The first kappa shape index (κ1) is 11.7. The molecule has 1 aromatic heterocycles. The number of aliphatic hydroxyl groups excluding tert-OH is 1. The maximum Gasteiger partial charge on any atom is 0.178 e. The Morgan fingerprint density at radius 2 is 2.27 bits per heavy atom. The van der Waals surface area contributed by atoms with Crippen LogP contribution >= 0.6 is 0 Å². The van der Waals surface area contributed by atoms with Crippen molar-refractivity contribution in [2.24, 2.45) is 0 Å². The van der Waals surface area contributed by atoms with Gasteiger partial charge in [-0.2, -0.15) is 0 Å². The summed E-state index contributed by atoms with van der Waals surface area (Å²) in [7, 11) is 1.88. The molecule has 0 spiro atoms. The zero-order valence-corrected chi connectivity index (χ0v) is 9.27. The van der Waals surface area contributed by atoms with Crippen LogP contribution in [0.2, 0.25) is 0 Å². The molecule has 1 heterocycles. The summed E-state index contributed by atoms with van der Waals surface area (Å²) in [5.41, 5.74) is 1.35. The Bertz CT molecular complexity index is 335. The summed E-state index contributed by atoms with van der Waals surface area (Å²) in [6.07, 6.45) is 1.64. The fourth-order valence-electron chi connectivity index (χ4n) is 1.18. The van der Waals surface area contributed by atoms with E-state index >= 15 is 0 Å². The summed E-state index contributed by atoms with van der Waals surface area (Å²) in [5, 5.41) is 8.99. The molecule has 0 aliphatic rings. The number of pyridine rings is 1. The van der Waals surface area contributed by atoms with Gasteiger partial charge in [-0.3, -0.25) is 9.78 Å². The van der Waals surface area contributed by atoms with E-state index in [1.807, 2.05) is 24.9 Å². The van der Waals surface area contributed by atoms with Crippen molar-refractivity contribution in [1.29, 1.82) is 0 Å².